The smallest absolute Gasteiger partial charge is 0.233 e. The number of hydrogen-bond donors (Lipinski definition) is 5. The zero-order chi connectivity index (χ0) is 28.4. The van der Waals surface area contributed by atoms with Crippen molar-refractivity contribution in [3.05, 3.63) is 18.2 Å². The number of halogens is 2. The molecule has 0 bridgehead atoms. The van der Waals surface area contributed by atoms with Gasteiger partial charge in [-0.2, -0.15) is 0 Å². The maximum Gasteiger partial charge on any atom is 0.233 e. The summed E-state index contributed by atoms with van der Waals surface area (Å²) in [7, 11) is 0. The number of rotatable bonds is 7. The summed E-state index contributed by atoms with van der Waals surface area (Å²) in [4.78, 5) is 36.6. The first kappa shape index (κ1) is 29.0. The lowest BCUT2D eigenvalue weighted by Crippen LogP contribution is -2.65. The number of alkyl halides is 1. The monoisotopic (exact) mass is 565 g/mol. The number of piperidine rings is 1. The number of hydrogen-bond acceptors (Lipinski definition) is 10. The third-order valence-electron chi connectivity index (χ3n) is 8.67. The van der Waals surface area contributed by atoms with Crippen LogP contribution in [0, 0.1) is 17.7 Å². The van der Waals surface area contributed by atoms with Crippen molar-refractivity contribution in [1.82, 2.24) is 25.4 Å². The average molecular weight is 566 g/mol. The van der Waals surface area contributed by atoms with E-state index in [-0.39, 0.29) is 41.8 Å². The van der Waals surface area contributed by atoms with Crippen molar-refractivity contribution in [2.24, 2.45) is 23.3 Å². The number of amides is 2. The molecule has 1 aromatic heterocycles. The molecule has 5 rings (SSSR count). The molecule has 40 heavy (non-hydrogen) atoms. The van der Waals surface area contributed by atoms with Crippen LogP contribution < -0.4 is 32.3 Å². The third-order valence-corrected chi connectivity index (χ3v) is 8.67. The van der Waals surface area contributed by atoms with Crippen LogP contribution in [0.2, 0.25) is 0 Å². The lowest BCUT2D eigenvalue weighted by atomic mass is 9.93. The topological polar surface area (TPSA) is 154 Å². The molecule has 12 nitrogen and oxygen atoms in total. The maximum absolute atomic E-state index is 15.1. The van der Waals surface area contributed by atoms with Crippen molar-refractivity contribution in [2.75, 3.05) is 75.8 Å². The molecule has 0 aromatic carbocycles. The molecule has 4 aliphatic rings. The Hall–Kier alpha value is -2.49. The van der Waals surface area contributed by atoms with Gasteiger partial charge in [-0.25, -0.2) is 8.78 Å². The van der Waals surface area contributed by atoms with Crippen LogP contribution in [0.4, 0.5) is 20.2 Å². The summed E-state index contributed by atoms with van der Waals surface area (Å²) < 4.78 is 34.0. The number of carbonyl (C=O) groups is 2. The number of pyridine rings is 1. The molecule has 7 N–H and O–H groups in total. The number of nitrogens with two attached hydrogens (primary N) is 2. The summed E-state index contributed by atoms with van der Waals surface area (Å²) in [6.45, 7) is 7.80. The molecule has 2 amide bonds. The minimum absolute atomic E-state index is 0.0681. The molecule has 222 valence electrons. The van der Waals surface area contributed by atoms with E-state index in [2.05, 4.69) is 32.8 Å². The highest BCUT2D eigenvalue weighted by atomic mass is 19.1. The number of piperazine rings is 1. The third kappa shape index (κ3) is 6.06. The van der Waals surface area contributed by atoms with E-state index in [1.54, 1.807) is 0 Å². The highest BCUT2D eigenvalue weighted by molar-refractivity contribution is 5.96. The molecule has 1 unspecified atom stereocenters. The van der Waals surface area contributed by atoms with Gasteiger partial charge >= 0.3 is 0 Å². The molecule has 4 fully saturated rings. The molecular formula is C26H41F2N9O3. The highest BCUT2D eigenvalue weighted by Gasteiger charge is 2.42. The number of aromatic nitrogens is 1. The second-order valence-electron chi connectivity index (χ2n) is 11.6. The van der Waals surface area contributed by atoms with Crippen molar-refractivity contribution in [3.8, 4) is 0 Å². The summed E-state index contributed by atoms with van der Waals surface area (Å²) in [5, 5.41) is 8.57. The Balaban J connectivity index is 1.19. The largest absolute Gasteiger partial charge is 0.377 e. The van der Waals surface area contributed by atoms with Gasteiger partial charge in [0.05, 0.1) is 55.1 Å². The van der Waals surface area contributed by atoms with Crippen LogP contribution in [-0.4, -0.2) is 116 Å². The van der Waals surface area contributed by atoms with Crippen molar-refractivity contribution in [1.29, 1.82) is 0 Å². The summed E-state index contributed by atoms with van der Waals surface area (Å²) >= 11 is 0. The number of nitrogens with one attached hydrogen (secondary N) is 3. The number of anilines is 2. The Morgan fingerprint density at radius 1 is 1.10 bits per heavy atom. The van der Waals surface area contributed by atoms with E-state index in [9.17, 15) is 14.0 Å². The minimum atomic E-state index is -1.08. The summed E-state index contributed by atoms with van der Waals surface area (Å²) in [6, 6.07) is 0. The Labute approximate surface area is 233 Å². The zero-order valence-electron chi connectivity index (χ0n) is 23.0. The Morgan fingerprint density at radius 2 is 1.75 bits per heavy atom. The van der Waals surface area contributed by atoms with Gasteiger partial charge in [0.25, 0.3) is 0 Å². The highest BCUT2D eigenvalue weighted by Crippen LogP contribution is 2.33. The van der Waals surface area contributed by atoms with Gasteiger partial charge in [-0.1, -0.05) is 0 Å². The Bertz CT molecular complexity index is 1050. The van der Waals surface area contributed by atoms with Gasteiger partial charge < -0.3 is 31.3 Å². The lowest BCUT2D eigenvalue weighted by Gasteiger charge is -2.50. The zero-order valence-corrected chi connectivity index (χ0v) is 23.0. The molecule has 0 spiro atoms. The quantitative estimate of drug-likeness (QED) is 0.261. The molecule has 4 saturated heterocycles. The fourth-order valence-corrected chi connectivity index (χ4v) is 6.17. The van der Waals surface area contributed by atoms with Crippen LogP contribution in [-0.2, 0) is 14.3 Å². The van der Waals surface area contributed by atoms with Crippen molar-refractivity contribution in [3.63, 3.8) is 0 Å². The summed E-state index contributed by atoms with van der Waals surface area (Å²) in [6.07, 6.45) is 0.891. The van der Waals surface area contributed by atoms with Crippen molar-refractivity contribution >= 4 is 23.2 Å². The van der Waals surface area contributed by atoms with Crippen LogP contribution in [0.15, 0.2) is 12.4 Å². The molecule has 0 radical (unpaired) electrons. The van der Waals surface area contributed by atoms with Gasteiger partial charge in [0, 0.05) is 58.3 Å². The first-order chi connectivity index (χ1) is 19.2. The molecule has 5 heterocycles. The lowest BCUT2D eigenvalue weighted by molar-refractivity contribution is -0.152. The molecular weight excluding hydrogens is 524 g/mol. The van der Waals surface area contributed by atoms with Crippen molar-refractivity contribution < 1.29 is 23.1 Å². The van der Waals surface area contributed by atoms with Crippen molar-refractivity contribution in [2.45, 2.75) is 43.8 Å². The molecule has 14 heteroatoms. The molecule has 1 atom stereocenters. The standard InChI is InChI=1S/C26H41F2N9O3/c1-26(14-40-15-26)37-8-6-36(7-9-37)25(39)16-2-4-35(5-3-16)21-18(28)12-31-13-19(21)34-24(38)20(22(29)30)23-32-10-17(27)11-33-23/h12-13,16-17,20,22-23,32-33H,2-11,14-15,29-30H2,1H3,(H,34,38). The first-order valence-corrected chi connectivity index (χ1v) is 14.1. The van der Waals surface area contributed by atoms with Crippen LogP contribution in [0.1, 0.15) is 19.8 Å². The fraction of sp³-hybridized carbons (Fsp3) is 0.731. The SMILES string of the molecule is CC1(N2CCN(C(=O)C3CCN(c4c(F)cncc4NC(=O)C(C(N)N)C4NCC(F)CN4)CC3)CC2)COC1. The molecule has 0 saturated carbocycles. The minimum Gasteiger partial charge on any atom is -0.377 e. The first-order valence-electron chi connectivity index (χ1n) is 14.1. The molecule has 1 aromatic rings. The van der Waals surface area contributed by atoms with Gasteiger partial charge in [-0.3, -0.25) is 30.1 Å². The van der Waals surface area contributed by atoms with Crippen LogP contribution >= 0.6 is 0 Å². The molecule has 4 aliphatic heterocycles. The second kappa shape index (κ2) is 12.2. The van der Waals surface area contributed by atoms with E-state index >= 15 is 4.39 Å². The number of nitrogens with zero attached hydrogens (tertiary/aromatic N) is 4. The van der Waals surface area contributed by atoms with Crippen LogP contribution in [0.3, 0.4) is 0 Å². The van der Waals surface area contributed by atoms with Gasteiger partial charge in [0.2, 0.25) is 11.8 Å². The van der Waals surface area contributed by atoms with Gasteiger partial charge in [0.1, 0.15) is 11.9 Å². The predicted octanol–water partition coefficient (Wildman–Crippen LogP) is -0.975. The normalized spacial score (nSPS) is 26.9. The van der Waals surface area contributed by atoms with Crippen LogP contribution in [0.5, 0.6) is 0 Å². The van der Waals surface area contributed by atoms with Crippen LogP contribution in [0.25, 0.3) is 0 Å². The van der Waals surface area contributed by atoms with Gasteiger partial charge in [0.15, 0.2) is 5.82 Å². The fourth-order valence-electron chi connectivity index (χ4n) is 6.17. The predicted molar refractivity (Wildman–Crippen MR) is 145 cm³/mol. The molecule has 0 aliphatic carbocycles. The summed E-state index contributed by atoms with van der Waals surface area (Å²) in [5.74, 6) is -2.02. The van der Waals surface area contributed by atoms with E-state index in [0.29, 0.717) is 39.0 Å². The summed E-state index contributed by atoms with van der Waals surface area (Å²) in [5.41, 5.74) is 12.3. The number of carbonyl (C=O) groups excluding carboxylic acids is 2. The Kier molecular flexibility index (Phi) is 8.83. The van der Waals surface area contributed by atoms with E-state index < -0.39 is 36.1 Å². The van der Waals surface area contributed by atoms with Gasteiger partial charge in [-0.15, -0.1) is 0 Å². The number of ether oxygens (including phenoxy) is 1. The van der Waals surface area contributed by atoms with Gasteiger partial charge in [-0.05, 0) is 19.8 Å². The van der Waals surface area contributed by atoms with E-state index in [4.69, 9.17) is 16.2 Å². The average Bonchev–Trinajstić information content (AvgIpc) is 2.93. The van der Waals surface area contributed by atoms with E-state index in [0.717, 1.165) is 32.5 Å². The Morgan fingerprint density at radius 3 is 2.33 bits per heavy atom. The second-order valence-corrected chi connectivity index (χ2v) is 11.6. The van der Waals surface area contributed by atoms with E-state index in [1.165, 1.54) is 6.20 Å². The van der Waals surface area contributed by atoms with E-state index in [1.807, 2.05) is 9.80 Å². The maximum atomic E-state index is 15.1.